The van der Waals surface area contributed by atoms with Gasteiger partial charge in [0.1, 0.15) is 5.75 Å². The zero-order chi connectivity index (χ0) is 15.9. The summed E-state index contributed by atoms with van der Waals surface area (Å²) < 4.78 is 5.57. The Balaban J connectivity index is 2.68. The number of rotatable bonds is 7. The zero-order valence-corrected chi connectivity index (χ0v) is 12.7. The fraction of sp³-hybridized carbons (Fsp3) is 0.467. The standard InChI is InChI=1S/C15H23N3O3/c1-4-9-21-12-8-6-5-7-11(12)17-14(20)18-15(2,3)10-13(16)19/h5-8H,4,9-10H2,1-3H3,(H2,16,19)(H2,17,18,20). The van der Waals surface area contributed by atoms with Crippen LogP contribution in [0.4, 0.5) is 10.5 Å². The van der Waals surface area contributed by atoms with Crippen molar-refractivity contribution in [3.63, 3.8) is 0 Å². The van der Waals surface area contributed by atoms with E-state index >= 15 is 0 Å². The maximum atomic E-state index is 12.0. The molecular weight excluding hydrogens is 270 g/mol. The van der Waals surface area contributed by atoms with Crippen molar-refractivity contribution in [2.75, 3.05) is 11.9 Å². The lowest BCUT2D eigenvalue weighted by Gasteiger charge is -2.25. The van der Waals surface area contributed by atoms with E-state index in [4.69, 9.17) is 10.5 Å². The Labute approximate surface area is 125 Å². The van der Waals surface area contributed by atoms with Crippen LogP contribution in [0.3, 0.4) is 0 Å². The third kappa shape index (κ3) is 6.16. The smallest absolute Gasteiger partial charge is 0.319 e. The van der Waals surface area contributed by atoms with E-state index in [0.717, 1.165) is 6.42 Å². The largest absolute Gasteiger partial charge is 0.491 e. The van der Waals surface area contributed by atoms with Gasteiger partial charge in [0.15, 0.2) is 0 Å². The van der Waals surface area contributed by atoms with Gasteiger partial charge in [-0.25, -0.2) is 4.79 Å². The summed E-state index contributed by atoms with van der Waals surface area (Å²) in [6, 6.07) is 6.79. The summed E-state index contributed by atoms with van der Waals surface area (Å²) >= 11 is 0. The average molecular weight is 293 g/mol. The molecule has 0 bridgehead atoms. The van der Waals surface area contributed by atoms with Gasteiger partial charge >= 0.3 is 6.03 Å². The molecule has 4 N–H and O–H groups in total. The van der Waals surface area contributed by atoms with Crippen LogP contribution in [0.25, 0.3) is 0 Å². The zero-order valence-electron chi connectivity index (χ0n) is 12.7. The molecule has 0 saturated carbocycles. The summed E-state index contributed by atoms with van der Waals surface area (Å²) in [7, 11) is 0. The molecule has 1 rings (SSSR count). The fourth-order valence-corrected chi connectivity index (χ4v) is 1.85. The lowest BCUT2D eigenvalue weighted by Crippen LogP contribution is -2.47. The molecule has 0 heterocycles. The first-order chi connectivity index (χ1) is 9.84. The Bertz CT molecular complexity index is 501. The first kappa shape index (κ1) is 16.8. The monoisotopic (exact) mass is 293 g/mol. The Morgan fingerprint density at radius 1 is 1.29 bits per heavy atom. The molecule has 0 aliphatic heterocycles. The number of amides is 3. The molecule has 6 heteroatoms. The number of hydrogen-bond donors (Lipinski definition) is 3. The highest BCUT2D eigenvalue weighted by molar-refractivity contribution is 5.91. The lowest BCUT2D eigenvalue weighted by molar-refractivity contribution is -0.119. The number of anilines is 1. The molecule has 0 atom stereocenters. The third-order valence-electron chi connectivity index (χ3n) is 2.67. The normalized spacial score (nSPS) is 10.8. The van der Waals surface area contributed by atoms with Gasteiger partial charge in [0.05, 0.1) is 12.3 Å². The summed E-state index contributed by atoms with van der Waals surface area (Å²) in [6.45, 7) is 6.05. The number of carbonyl (C=O) groups is 2. The minimum atomic E-state index is -0.713. The third-order valence-corrected chi connectivity index (χ3v) is 2.67. The molecule has 1 aromatic rings. The number of para-hydroxylation sites is 2. The molecule has 116 valence electrons. The van der Waals surface area contributed by atoms with Crippen molar-refractivity contribution >= 4 is 17.6 Å². The lowest BCUT2D eigenvalue weighted by atomic mass is 10.0. The Hall–Kier alpha value is -2.24. The van der Waals surface area contributed by atoms with Gasteiger partial charge in [-0.2, -0.15) is 0 Å². The molecule has 0 unspecified atom stereocenters. The minimum Gasteiger partial charge on any atom is -0.491 e. The number of nitrogens with one attached hydrogen (secondary N) is 2. The van der Waals surface area contributed by atoms with Gasteiger partial charge in [-0.3, -0.25) is 4.79 Å². The highest BCUT2D eigenvalue weighted by Gasteiger charge is 2.23. The van der Waals surface area contributed by atoms with Crippen molar-refractivity contribution < 1.29 is 14.3 Å². The van der Waals surface area contributed by atoms with Gasteiger partial charge in [0, 0.05) is 12.0 Å². The fourth-order valence-electron chi connectivity index (χ4n) is 1.85. The van der Waals surface area contributed by atoms with Gasteiger partial charge in [0.2, 0.25) is 5.91 Å². The van der Waals surface area contributed by atoms with Crippen LogP contribution in [0.15, 0.2) is 24.3 Å². The topological polar surface area (TPSA) is 93.4 Å². The molecule has 0 saturated heterocycles. The van der Waals surface area contributed by atoms with E-state index in [2.05, 4.69) is 10.6 Å². The molecule has 0 radical (unpaired) electrons. The number of ether oxygens (including phenoxy) is 1. The van der Waals surface area contributed by atoms with Gasteiger partial charge in [-0.1, -0.05) is 19.1 Å². The number of urea groups is 1. The van der Waals surface area contributed by atoms with Crippen LogP contribution in [-0.4, -0.2) is 24.1 Å². The SMILES string of the molecule is CCCOc1ccccc1NC(=O)NC(C)(C)CC(N)=O. The number of primary amides is 1. The van der Waals surface area contributed by atoms with Gasteiger partial charge in [0.25, 0.3) is 0 Å². The second-order valence-corrected chi connectivity index (χ2v) is 5.45. The van der Waals surface area contributed by atoms with E-state index < -0.39 is 17.5 Å². The number of nitrogens with two attached hydrogens (primary N) is 1. The average Bonchev–Trinajstić information content (AvgIpc) is 2.35. The summed E-state index contributed by atoms with van der Waals surface area (Å²) in [5, 5.41) is 5.43. The van der Waals surface area contributed by atoms with Crippen LogP contribution in [0.5, 0.6) is 5.75 Å². The summed E-state index contributed by atoms with van der Waals surface area (Å²) in [5.41, 5.74) is 5.02. The van der Waals surface area contributed by atoms with Gasteiger partial charge in [-0.05, 0) is 32.4 Å². The van der Waals surface area contributed by atoms with Gasteiger partial charge in [-0.15, -0.1) is 0 Å². The minimum absolute atomic E-state index is 0.0639. The second-order valence-electron chi connectivity index (χ2n) is 5.45. The quantitative estimate of drug-likeness (QED) is 0.719. The van der Waals surface area contributed by atoms with Crippen LogP contribution in [0.2, 0.25) is 0 Å². The second kappa shape index (κ2) is 7.52. The molecule has 3 amide bonds. The Morgan fingerprint density at radius 3 is 2.57 bits per heavy atom. The van der Waals surface area contributed by atoms with E-state index in [9.17, 15) is 9.59 Å². The Kier molecular flexibility index (Phi) is 6.02. The molecule has 0 aliphatic rings. The maximum Gasteiger partial charge on any atom is 0.319 e. The van der Waals surface area contributed by atoms with Crippen LogP contribution in [0.1, 0.15) is 33.6 Å². The van der Waals surface area contributed by atoms with E-state index in [1.807, 2.05) is 19.1 Å². The van der Waals surface area contributed by atoms with Crippen molar-refractivity contribution in [2.24, 2.45) is 5.73 Å². The number of carbonyl (C=O) groups excluding carboxylic acids is 2. The van der Waals surface area contributed by atoms with Crippen molar-refractivity contribution in [3.05, 3.63) is 24.3 Å². The molecule has 0 aliphatic carbocycles. The predicted octanol–water partition coefficient (Wildman–Crippen LogP) is 2.25. The molecule has 21 heavy (non-hydrogen) atoms. The first-order valence-electron chi connectivity index (χ1n) is 6.93. The highest BCUT2D eigenvalue weighted by atomic mass is 16.5. The van der Waals surface area contributed by atoms with Crippen molar-refractivity contribution in [1.82, 2.24) is 5.32 Å². The van der Waals surface area contributed by atoms with Crippen molar-refractivity contribution in [3.8, 4) is 5.75 Å². The molecule has 0 fully saturated rings. The van der Waals surface area contributed by atoms with E-state index in [-0.39, 0.29) is 6.42 Å². The number of hydrogen-bond acceptors (Lipinski definition) is 3. The van der Waals surface area contributed by atoms with Crippen LogP contribution in [0, 0.1) is 0 Å². The molecule has 0 aromatic heterocycles. The predicted molar refractivity (Wildman–Crippen MR) is 82.3 cm³/mol. The van der Waals surface area contributed by atoms with E-state index in [1.165, 1.54) is 0 Å². The first-order valence-corrected chi connectivity index (χ1v) is 6.93. The summed E-state index contributed by atoms with van der Waals surface area (Å²) in [4.78, 5) is 23.0. The van der Waals surface area contributed by atoms with Crippen LogP contribution >= 0.6 is 0 Å². The summed E-state index contributed by atoms with van der Waals surface area (Å²) in [6.07, 6.45) is 0.945. The van der Waals surface area contributed by atoms with Gasteiger partial charge < -0.3 is 21.1 Å². The van der Waals surface area contributed by atoms with E-state index in [1.54, 1.807) is 26.0 Å². The molecule has 6 nitrogen and oxygen atoms in total. The molecule has 0 spiro atoms. The summed E-state index contributed by atoms with van der Waals surface area (Å²) in [5.74, 6) is 0.147. The van der Waals surface area contributed by atoms with Crippen molar-refractivity contribution in [2.45, 2.75) is 39.2 Å². The highest BCUT2D eigenvalue weighted by Crippen LogP contribution is 2.24. The molecule has 1 aromatic carbocycles. The number of benzene rings is 1. The van der Waals surface area contributed by atoms with Crippen LogP contribution < -0.4 is 21.1 Å². The van der Waals surface area contributed by atoms with Crippen LogP contribution in [-0.2, 0) is 4.79 Å². The van der Waals surface area contributed by atoms with E-state index in [0.29, 0.717) is 18.0 Å². The Morgan fingerprint density at radius 2 is 1.95 bits per heavy atom. The maximum absolute atomic E-state index is 12.0. The van der Waals surface area contributed by atoms with Crippen molar-refractivity contribution in [1.29, 1.82) is 0 Å². The molecular formula is C15H23N3O3.